The van der Waals surface area contributed by atoms with E-state index in [1.165, 1.54) is 24.3 Å². The minimum atomic E-state index is -4.00. The first-order valence-electron chi connectivity index (χ1n) is 9.91. The molecule has 0 fully saturated rings. The summed E-state index contributed by atoms with van der Waals surface area (Å²) in [5.41, 5.74) is -0.372. The van der Waals surface area contributed by atoms with Gasteiger partial charge in [0.25, 0.3) is 15.9 Å². The standard InChI is InChI=1S/C22H26N2O6S/c1-22(2,3)20(25)14-23-21(26)16-7-4-5-8-17(16)24-31(27,28)15-9-10-18-19(13-15)30-12-6-11-29-18/h4-5,7-10,13,24H,6,11-12,14H2,1-3H3,(H,23,26). The van der Waals surface area contributed by atoms with Gasteiger partial charge in [-0.05, 0) is 24.3 Å². The first-order chi connectivity index (χ1) is 14.6. The number of anilines is 1. The van der Waals surface area contributed by atoms with Crippen LogP contribution in [0.2, 0.25) is 0 Å². The summed E-state index contributed by atoms with van der Waals surface area (Å²) in [6, 6.07) is 10.6. The van der Waals surface area contributed by atoms with Gasteiger partial charge in [-0.3, -0.25) is 14.3 Å². The third kappa shape index (κ3) is 5.55. The fraction of sp³-hybridized carbons (Fsp3) is 0.364. The Morgan fingerprint density at radius 2 is 1.68 bits per heavy atom. The number of nitrogens with one attached hydrogen (secondary N) is 2. The van der Waals surface area contributed by atoms with Crippen molar-refractivity contribution in [3.63, 3.8) is 0 Å². The van der Waals surface area contributed by atoms with Gasteiger partial charge < -0.3 is 14.8 Å². The summed E-state index contributed by atoms with van der Waals surface area (Å²) in [7, 11) is -4.00. The van der Waals surface area contributed by atoms with Crippen molar-refractivity contribution in [3.8, 4) is 11.5 Å². The molecular weight excluding hydrogens is 420 g/mol. The van der Waals surface area contributed by atoms with Crippen molar-refractivity contribution in [1.82, 2.24) is 5.32 Å². The molecule has 0 saturated heterocycles. The second-order valence-electron chi connectivity index (χ2n) is 8.17. The average molecular weight is 447 g/mol. The van der Waals surface area contributed by atoms with E-state index in [4.69, 9.17) is 9.47 Å². The number of benzene rings is 2. The molecule has 1 amide bonds. The zero-order valence-electron chi connectivity index (χ0n) is 17.7. The Hall–Kier alpha value is -3.07. The molecule has 2 aromatic carbocycles. The van der Waals surface area contributed by atoms with Gasteiger partial charge in [-0.25, -0.2) is 8.42 Å². The van der Waals surface area contributed by atoms with Gasteiger partial charge in [-0.1, -0.05) is 32.9 Å². The number of ketones is 1. The van der Waals surface area contributed by atoms with E-state index in [-0.39, 0.29) is 28.5 Å². The van der Waals surface area contributed by atoms with Gasteiger partial charge in [-0.15, -0.1) is 0 Å². The summed E-state index contributed by atoms with van der Waals surface area (Å²) >= 11 is 0. The van der Waals surface area contributed by atoms with Crippen LogP contribution in [0.4, 0.5) is 5.69 Å². The molecule has 1 aliphatic heterocycles. The van der Waals surface area contributed by atoms with Gasteiger partial charge in [0.05, 0.1) is 35.9 Å². The molecule has 0 saturated carbocycles. The maximum Gasteiger partial charge on any atom is 0.262 e. The molecule has 0 unspecified atom stereocenters. The quantitative estimate of drug-likeness (QED) is 0.706. The lowest BCUT2D eigenvalue weighted by molar-refractivity contribution is -0.125. The Balaban J connectivity index is 1.80. The smallest absolute Gasteiger partial charge is 0.262 e. The Labute approximate surface area is 182 Å². The maximum absolute atomic E-state index is 13.0. The van der Waals surface area contributed by atoms with E-state index in [2.05, 4.69) is 10.0 Å². The second kappa shape index (κ2) is 8.97. The SMILES string of the molecule is CC(C)(C)C(=O)CNC(=O)c1ccccc1NS(=O)(=O)c1ccc2c(c1)OCCCO2. The normalized spacial score (nSPS) is 13.8. The summed E-state index contributed by atoms with van der Waals surface area (Å²) in [4.78, 5) is 24.7. The molecule has 8 nitrogen and oxygen atoms in total. The molecule has 9 heteroatoms. The van der Waals surface area contributed by atoms with E-state index in [1.54, 1.807) is 39.0 Å². The van der Waals surface area contributed by atoms with Crippen molar-refractivity contribution >= 4 is 27.4 Å². The first kappa shape index (κ1) is 22.6. The largest absolute Gasteiger partial charge is 0.490 e. The number of fused-ring (bicyclic) bond motifs is 1. The molecule has 166 valence electrons. The van der Waals surface area contributed by atoms with Gasteiger partial charge in [0.1, 0.15) is 0 Å². The van der Waals surface area contributed by atoms with Gasteiger partial charge in [0.15, 0.2) is 17.3 Å². The summed E-state index contributed by atoms with van der Waals surface area (Å²) in [6.07, 6.45) is 0.704. The Morgan fingerprint density at radius 3 is 2.39 bits per heavy atom. The fourth-order valence-corrected chi connectivity index (χ4v) is 3.90. The van der Waals surface area contributed by atoms with E-state index in [0.29, 0.717) is 31.1 Å². The number of ether oxygens (including phenoxy) is 2. The molecule has 1 aliphatic rings. The van der Waals surface area contributed by atoms with Crippen LogP contribution in [0.5, 0.6) is 11.5 Å². The molecule has 0 spiro atoms. The van der Waals surface area contributed by atoms with Gasteiger partial charge >= 0.3 is 0 Å². The van der Waals surface area contributed by atoms with Crippen molar-refractivity contribution in [1.29, 1.82) is 0 Å². The number of Topliss-reactive ketones (excluding diaryl/α,β-unsaturated/α-hetero) is 1. The molecule has 0 radical (unpaired) electrons. The van der Waals surface area contributed by atoms with E-state index < -0.39 is 21.3 Å². The first-order valence-corrected chi connectivity index (χ1v) is 11.4. The highest BCUT2D eigenvalue weighted by Gasteiger charge is 2.24. The lowest BCUT2D eigenvalue weighted by Gasteiger charge is -2.17. The van der Waals surface area contributed by atoms with E-state index >= 15 is 0 Å². The van der Waals surface area contributed by atoms with Gasteiger partial charge in [0, 0.05) is 17.9 Å². The Kier molecular flexibility index (Phi) is 6.54. The number of carbonyl (C=O) groups is 2. The molecule has 0 atom stereocenters. The van der Waals surface area contributed by atoms with Gasteiger partial charge in [-0.2, -0.15) is 0 Å². The van der Waals surface area contributed by atoms with Crippen molar-refractivity contribution in [2.45, 2.75) is 32.1 Å². The van der Waals surface area contributed by atoms with Crippen LogP contribution in [0.3, 0.4) is 0 Å². The third-order valence-electron chi connectivity index (χ3n) is 4.69. The third-order valence-corrected chi connectivity index (χ3v) is 6.05. The second-order valence-corrected chi connectivity index (χ2v) is 9.85. The van der Waals surface area contributed by atoms with Crippen LogP contribution < -0.4 is 19.5 Å². The van der Waals surface area contributed by atoms with Crippen LogP contribution in [-0.4, -0.2) is 39.9 Å². The molecule has 0 bridgehead atoms. The molecular formula is C22H26N2O6S. The van der Waals surface area contributed by atoms with E-state index in [0.717, 1.165) is 0 Å². The Morgan fingerprint density at radius 1 is 1.00 bits per heavy atom. The number of para-hydroxylation sites is 1. The summed E-state index contributed by atoms with van der Waals surface area (Å²) < 4.78 is 39.5. The molecule has 2 aromatic rings. The summed E-state index contributed by atoms with van der Waals surface area (Å²) in [5.74, 6) is 0.160. The molecule has 31 heavy (non-hydrogen) atoms. The zero-order valence-corrected chi connectivity index (χ0v) is 18.5. The highest BCUT2D eigenvalue weighted by Crippen LogP contribution is 2.32. The van der Waals surface area contributed by atoms with Gasteiger partial charge in [0.2, 0.25) is 0 Å². The van der Waals surface area contributed by atoms with E-state index in [9.17, 15) is 18.0 Å². The average Bonchev–Trinajstić information content (AvgIpc) is 2.96. The molecule has 2 N–H and O–H groups in total. The minimum Gasteiger partial charge on any atom is -0.490 e. The number of rotatable bonds is 6. The summed E-state index contributed by atoms with van der Waals surface area (Å²) in [6.45, 7) is 6.07. The van der Waals surface area contributed by atoms with Crippen LogP contribution in [-0.2, 0) is 14.8 Å². The van der Waals surface area contributed by atoms with Crippen molar-refractivity contribution in [2.24, 2.45) is 5.41 Å². The minimum absolute atomic E-state index is 0.0186. The fourth-order valence-electron chi connectivity index (χ4n) is 2.81. The zero-order chi connectivity index (χ0) is 22.6. The number of sulfonamides is 1. The lowest BCUT2D eigenvalue weighted by atomic mass is 9.91. The van der Waals surface area contributed by atoms with Crippen LogP contribution in [0.15, 0.2) is 47.4 Å². The summed E-state index contributed by atoms with van der Waals surface area (Å²) in [5, 5.41) is 2.56. The van der Waals surface area contributed by atoms with Crippen molar-refractivity contribution < 1.29 is 27.5 Å². The monoisotopic (exact) mass is 446 g/mol. The van der Waals surface area contributed by atoms with Crippen LogP contribution >= 0.6 is 0 Å². The Bertz CT molecular complexity index is 1090. The van der Waals surface area contributed by atoms with Crippen LogP contribution in [0.1, 0.15) is 37.6 Å². The maximum atomic E-state index is 13.0. The van der Waals surface area contributed by atoms with E-state index in [1.807, 2.05) is 0 Å². The molecule has 1 heterocycles. The number of carbonyl (C=O) groups excluding carboxylic acids is 2. The van der Waals surface area contributed by atoms with Crippen molar-refractivity contribution in [2.75, 3.05) is 24.5 Å². The van der Waals surface area contributed by atoms with Crippen LogP contribution in [0, 0.1) is 5.41 Å². The number of hydrogen-bond donors (Lipinski definition) is 2. The lowest BCUT2D eigenvalue weighted by Crippen LogP contribution is -2.35. The molecule has 0 aromatic heterocycles. The predicted octanol–water partition coefficient (Wildman–Crippen LogP) is 2.99. The number of amides is 1. The predicted molar refractivity (Wildman–Crippen MR) is 116 cm³/mol. The van der Waals surface area contributed by atoms with Crippen molar-refractivity contribution in [3.05, 3.63) is 48.0 Å². The number of hydrogen-bond acceptors (Lipinski definition) is 6. The van der Waals surface area contributed by atoms with Crippen LogP contribution in [0.25, 0.3) is 0 Å². The molecule has 3 rings (SSSR count). The highest BCUT2D eigenvalue weighted by molar-refractivity contribution is 7.92. The molecule has 0 aliphatic carbocycles. The highest BCUT2D eigenvalue weighted by atomic mass is 32.2. The topological polar surface area (TPSA) is 111 Å².